The molecule has 25 heavy (non-hydrogen) atoms. The van der Waals surface area contributed by atoms with E-state index in [1.165, 1.54) is 11.3 Å². The van der Waals surface area contributed by atoms with E-state index in [2.05, 4.69) is 20.4 Å². The topological polar surface area (TPSA) is 80.9 Å². The van der Waals surface area contributed by atoms with E-state index in [4.69, 9.17) is 4.52 Å². The van der Waals surface area contributed by atoms with Gasteiger partial charge in [-0.3, -0.25) is 14.8 Å². The van der Waals surface area contributed by atoms with Gasteiger partial charge >= 0.3 is 0 Å². The largest absolute Gasteiger partial charge is 0.355 e. The van der Waals surface area contributed by atoms with Crippen LogP contribution in [0.15, 0.2) is 58.0 Å². The van der Waals surface area contributed by atoms with E-state index < -0.39 is 0 Å². The second-order valence-electron chi connectivity index (χ2n) is 5.07. The number of carbonyl (C=O) groups is 1. The first-order chi connectivity index (χ1) is 12.3. The number of hydrogen-bond donors (Lipinski definition) is 1. The zero-order valence-corrected chi connectivity index (χ0v) is 14.5. The zero-order valence-electron chi connectivity index (χ0n) is 12.9. The molecule has 0 aromatic carbocycles. The minimum absolute atomic E-state index is 0.241. The highest BCUT2D eigenvalue weighted by molar-refractivity contribution is 7.13. The van der Waals surface area contributed by atoms with E-state index in [9.17, 15) is 4.79 Å². The molecule has 124 valence electrons. The molecule has 4 aromatic rings. The summed E-state index contributed by atoms with van der Waals surface area (Å²) in [5.41, 5.74) is 1.72. The molecule has 0 unspecified atom stereocenters. The second kappa shape index (κ2) is 6.96. The summed E-state index contributed by atoms with van der Waals surface area (Å²) in [7, 11) is 0. The molecule has 1 amide bonds. The van der Waals surface area contributed by atoms with E-state index >= 15 is 0 Å². The van der Waals surface area contributed by atoms with Gasteiger partial charge in [-0.1, -0.05) is 17.3 Å². The Kier molecular flexibility index (Phi) is 4.36. The third kappa shape index (κ3) is 3.35. The second-order valence-corrected chi connectivity index (χ2v) is 6.96. The highest BCUT2D eigenvalue weighted by Gasteiger charge is 2.15. The van der Waals surface area contributed by atoms with Crippen LogP contribution in [0.25, 0.3) is 21.2 Å². The average Bonchev–Trinajstić information content (AvgIpc) is 3.41. The minimum Gasteiger partial charge on any atom is -0.355 e. The molecule has 0 fully saturated rings. The SMILES string of the molecule is O=C(NCc1nccnc1-c1cccs1)c1cc(-c2cccs2)on1. The highest BCUT2D eigenvalue weighted by atomic mass is 32.1. The molecule has 0 aliphatic rings. The van der Waals surface area contributed by atoms with Gasteiger partial charge in [0.1, 0.15) is 5.69 Å². The number of hydrogen-bond acceptors (Lipinski definition) is 7. The van der Waals surface area contributed by atoms with E-state index in [1.54, 1.807) is 29.8 Å². The maximum atomic E-state index is 12.3. The molecule has 4 heterocycles. The summed E-state index contributed by atoms with van der Waals surface area (Å²) in [5.74, 6) is 0.272. The monoisotopic (exact) mass is 368 g/mol. The summed E-state index contributed by atoms with van der Waals surface area (Å²) in [4.78, 5) is 23.0. The maximum absolute atomic E-state index is 12.3. The fourth-order valence-electron chi connectivity index (χ4n) is 2.29. The van der Waals surface area contributed by atoms with Crippen molar-refractivity contribution in [3.05, 3.63) is 64.9 Å². The molecule has 0 aliphatic heterocycles. The lowest BCUT2D eigenvalue weighted by Crippen LogP contribution is -2.24. The Morgan fingerprint density at radius 3 is 2.60 bits per heavy atom. The molecule has 0 spiro atoms. The number of rotatable bonds is 5. The molecule has 8 heteroatoms. The number of aromatic nitrogens is 3. The Hall–Kier alpha value is -2.84. The van der Waals surface area contributed by atoms with E-state index in [0.29, 0.717) is 11.5 Å². The van der Waals surface area contributed by atoms with Crippen molar-refractivity contribution in [1.29, 1.82) is 0 Å². The highest BCUT2D eigenvalue weighted by Crippen LogP contribution is 2.26. The van der Waals surface area contributed by atoms with Gasteiger partial charge in [0.2, 0.25) is 0 Å². The van der Waals surface area contributed by atoms with Crippen LogP contribution in [0.4, 0.5) is 0 Å². The van der Waals surface area contributed by atoms with Gasteiger partial charge in [-0.2, -0.15) is 0 Å². The summed E-state index contributed by atoms with van der Waals surface area (Å²) < 4.78 is 5.24. The molecule has 0 saturated carbocycles. The van der Waals surface area contributed by atoms with Gasteiger partial charge in [0.15, 0.2) is 11.5 Å². The molecule has 0 atom stereocenters. The Labute approximate surface area is 151 Å². The van der Waals surface area contributed by atoms with Crippen molar-refractivity contribution in [2.75, 3.05) is 0 Å². The summed E-state index contributed by atoms with van der Waals surface area (Å²) >= 11 is 3.11. The fourth-order valence-corrected chi connectivity index (χ4v) is 3.70. The summed E-state index contributed by atoms with van der Waals surface area (Å²) in [5, 5.41) is 10.6. The van der Waals surface area contributed by atoms with Crippen LogP contribution in [0.5, 0.6) is 0 Å². The normalized spacial score (nSPS) is 10.7. The van der Waals surface area contributed by atoms with Crippen molar-refractivity contribution in [1.82, 2.24) is 20.4 Å². The molecule has 4 rings (SSSR count). The maximum Gasteiger partial charge on any atom is 0.273 e. The van der Waals surface area contributed by atoms with Gasteiger partial charge in [0.05, 0.1) is 22.0 Å². The van der Waals surface area contributed by atoms with E-state index in [0.717, 1.165) is 15.4 Å². The quantitative estimate of drug-likeness (QED) is 0.579. The van der Waals surface area contributed by atoms with Crippen LogP contribution in [0.2, 0.25) is 0 Å². The smallest absolute Gasteiger partial charge is 0.273 e. The lowest BCUT2D eigenvalue weighted by atomic mass is 10.2. The van der Waals surface area contributed by atoms with Crippen molar-refractivity contribution in [3.63, 3.8) is 0 Å². The van der Waals surface area contributed by atoms with Crippen molar-refractivity contribution in [2.45, 2.75) is 6.54 Å². The Balaban J connectivity index is 1.48. The molecule has 0 radical (unpaired) electrons. The van der Waals surface area contributed by atoms with Gasteiger partial charge in [-0.25, -0.2) is 0 Å². The van der Waals surface area contributed by atoms with Crippen molar-refractivity contribution < 1.29 is 9.32 Å². The predicted molar refractivity (Wildman–Crippen MR) is 96.3 cm³/mol. The number of carbonyl (C=O) groups excluding carboxylic acids is 1. The summed E-state index contributed by atoms with van der Waals surface area (Å²) in [6.45, 7) is 0.265. The first kappa shape index (κ1) is 15.7. The van der Waals surface area contributed by atoms with Crippen molar-refractivity contribution in [2.24, 2.45) is 0 Å². The fraction of sp³-hybridized carbons (Fsp3) is 0.0588. The van der Waals surface area contributed by atoms with Crippen LogP contribution < -0.4 is 5.32 Å². The Bertz CT molecular complexity index is 978. The molecule has 0 aliphatic carbocycles. The van der Waals surface area contributed by atoms with Crippen LogP contribution in [-0.4, -0.2) is 21.0 Å². The van der Waals surface area contributed by atoms with Gasteiger partial charge in [0.25, 0.3) is 5.91 Å². The number of thiophene rings is 2. The predicted octanol–water partition coefficient (Wildman–Crippen LogP) is 3.85. The average molecular weight is 368 g/mol. The van der Waals surface area contributed by atoms with Gasteiger partial charge in [-0.15, -0.1) is 22.7 Å². The lowest BCUT2D eigenvalue weighted by Gasteiger charge is -2.06. The van der Waals surface area contributed by atoms with Gasteiger partial charge < -0.3 is 9.84 Å². The Morgan fingerprint density at radius 1 is 1.08 bits per heavy atom. The molecule has 0 bridgehead atoms. The molecular formula is C17H12N4O2S2. The molecular weight excluding hydrogens is 356 g/mol. The van der Waals surface area contributed by atoms with Crippen LogP contribution in [0.3, 0.4) is 0 Å². The third-order valence-electron chi connectivity index (χ3n) is 3.45. The standard InChI is InChI=1S/C17H12N4O2S2/c22-17(11-9-13(23-21-11)14-3-1-7-24-14)20-10-12-16(19-6-5-18-12)15-4-2-8-25-15/h1-9H,10H2,(H,20,22). The number of nitrogens with zero attached hydrogens (tertiary/aromatic N) is 3. The molecule has 4 aromatic heterocycles. The zero-order chi connectivity index (χ0) is 17.1. The third-order valence-corrected chi connectivity index (χ3v) is 5.21. The first-order valence-electron chi connectivity index (χ1n) is 7.44. The minimum atomic E-state index is -0.311. The van der Waals surface area contributed by atoms with Crippen molar-refractivity contribution in [3.8, 4) is 21.2 Å². The first-order valence-corrected chi connectivity index (χ1v) is 9.20. The summed E-state index contributed by atoms with van der Waals surface area (Å²) in [6, 6.07) is 9.41. The summed E-state index contributed by atoms with van der Waals surface area (Å²) in [6.07, 6.45) is 3.26. The van der Waals surface area contributed by atoms with Crippen molar-refractivity contribution >= 4 is 28.6 Å². The molecule has 1 N–H and O–H groups in total. The van der Waals surface area contributed by atoms with E-state index in [-0.39, 0.29) is 18.1 Å². The number of amides is 1. The molecule has 0 saturated heterocycles. The van der Waals surface area contributed by atoms with Crippen LogP contribution >= 0.6 is 22.7 Å². The lowest BCUT2D eigenvalue weighted by molar-refractivity contribution is 0.0941. The molecule has 6 nitrogen and oxygen atoms in total. The van der Waals surface area contributed by atoms with Crippen LogP contribution in [0.1, 0.15) is 16.2 Å². The number of nitrogens with one attached hydrogen (secondary N) is 1. The van der Waals surface area contributed by atoms with Crippen LogP contribution in [0, 0.1) is 0 Å². The van der Waals surface area contributed by atoms with Crippen LogP contribution in [-0.2, 0) is 6.54 Å². The van der Waals surface area contributed by atoms with E-state index in [1.807, 2.05) is 35.0 Å². The van der Waals surface area contributed by atoms with Gasteiger partial charge in [0, 0.05) is 18.5 Å². The Morgan fingerprint density at radius 2 is 1.84 bits per heavy atom. The van der Waals surface area contributed by atoms with Gasteiger partial charge in [-0.05, 0) is 22.9 Å².